The topological polar surface area (TPSA) is 132 Å². The Morgan fingerprint density at radius 2 is 2.09 bits per heavy atom. The van der Waals surface area contributed by atoms with Gasteiger partial charge in [0.05, 0.1) is 23.9 Å². The zero-order valence-corrected chi connectivity index (χ0v) is 18.4. The molecule has 10 nitrogen and oxygen atoms in total. The summed E-state index contributed by atoms with van der Waals surface area (Å²) in [5.41, 5.74) is 8.11. The molecule has 3 aromatic heterocycles. The van der Waals surface area contributed by atoms with Gasteiger partial charge in [-0.1, -0.05) is 12.6 Å². The third kappa shape index (κ3) is 3.17. The summed E-state index contributed by atoms with van der Waals surface area (Å²) in [7, 11) is 1.61. The van der Waals surface area contributed by atoms with E-state index >= 15 is 0 Å². The van der Waals surface area contributed by atoms with Gasteiger partial charge in [-0.15, -0.1) is 0 Å². The zero-order chi connectivity index (χ0) is 23.3. The molecule has 4 heterocycles. The molecule has 0 aliphatic carbocycles. The fourth-order valence-corrected chi connectivity index (χ4v) is 4.66. The summed E-state index contributed by atoms with van der Waals surface area (Å²) in [6, 6.07) is 5.53. The van der Waals surface area contributed by atoms with E-state index in [2.05, 4.69) is 21.9 Å². The molecule has 33 heavy (non-hydrogen) atoms. The van der Waals surface area contributed by atoms with Crippen molar-refractivity contribution in [3.63, 3.8) is 0 Å². The largest absolute Gasteiger partial charge is 0.496 e. The first-order chi connectivity index (χ1) is 15.9. The average Bonchev–Trinajstić information content (AvgIpc) is 3.40. The Bertz CT molecular complexity index is 1460. The van der Waals surface area contributed by atoms with Gasteiger partial charge < -0.3 is 19.8 Å². The number of nitrogens with two attached hydrogens (primary N) is 1. The molecule has 170 valence electrons. The fourth-order valence-electron chi connectivity index (χ4n) is 4.66. The highest BCUT2D eigenvalue weighted by Crippen LogP contribution is 2.42. The lowest BCUT2D eigenvalue weighted by Crippen LogP contribution is -2.38. The number of ether oxygens (including phenoxy) is 1. The van der Waals surface area contributed by atoms with Crippen LogP contribution in [0.2, 0.25) is 0 Å². The van der Waals surface area contributed by atoms with Crippen LogP contribution in [0.5, 0.6) is 5.75 Å². The second-order valence-electron chi connectivity index (χ2n) is 8.10. The van der Waals surface area contributed by atoms with Crippen molar-refractivity contribution in [1.29, 1.82) is 0 Å². The monoisotopic (exact) mass is 448 g/mol. The maximum atomic E-state index is 12.6. The number of aromatic nitrogens is 4. The van der Waals surface area contributed by atoms with Crippen molar-refractivity contribution >= 4 is 33.6 Å². The van der Waals surface area contributed by atoms with Crippen LogP contribution in [0.3, 0.4) is 0 Å². The van der Waals surface area contributed by atoms with Gasteiger partial charge in [0.25, 0.3) is 5.56 Å². The molecule has 4 aromatic rings. The van der Waals surface area contributed by atoms with Gasteiger partial charge in [-0.25, -0.2) is 5.10 Å². The summed E-state index contributed by atoms with van der Waals surface area (Å²) in [6.07, 6.45) is 2.65. The number of carbonyl (C=O) groups excluding carboxylic acids is 1. The minimum absolute atomic E-state index is 0.0606. The number of amides is 1. The van der Waals surface area contributed by atoms with Crippen LogP contribution in [0.15, 0.2) is 40.1 Å². The molecule has 1 aliphatic rings. The number of hydrogen-bond acceptors (Lipinski definition) is 7. The number of nitrogens with zero attached hydrogens (tertiary/aromatic N) is 4. The first-order valence-electron chi connectivity index (χ1n) is 10.7. The lowest BCUT2D eigenvalue weighted by Gasteiger charge is -2.32. The van der Waals surface area contributed by atoms with Gasteiger partial charge in [0, 0.05) is 18.7 Å². The molecule has 1 aliphatic heterocycles. The Morgan fingerprint density at radius 3 is 2.79 bits per heavy atom. The summed E-state index contributed by atoms with van der Waals surface area (Å²) >= 11 is 0. The predicted molar refractivity (Wildman–Crippen MR) is 124 cm³/mol. The molecule has 10 heteroatoms. The molecule has 1 saturated heterocycles. The molecular weight excluding hydrogens is 424 g/mol. The number of H-pyrrole nitrogens is 1. The van der Waals surface area contributed by atoms with Gasteiger partial charge in [-0.05, 0) is 38.0 Å². The Balaban J connectivity index is 1.73. The van der Waals surface area contributed by atoms with Gasteiger partial charge >= 0.3 is 0 Å². The number of likely N-dealkylation sites (tertiary alicyclic amines) is 1. The Morgan fingerprint density at radius 1 is 1.33 bits per heavy atom. The smallest absolute Gasteiger partial charge is 0.292 e. The van der Waals surface area contributed by atoms with E-state index < -0.39 is 5.56 Å². The maximum absolute atomic E-state index is 12.6. The molecule has 0 saturated carbocycles. The van der Waals surface area contributed by atoms with Crippen LogP contribution in [-0.2, 0) is 4.79 Å². The molecule has 1 fully saturated rings. The van der Waals surface area contributed by atoms with E-state index in [1.165, 1.54) is 6.08 Å². The molecule has 0 unspecified atom stereocenters. The molecule has 0 radical (unpaired) electrons. The highest BCUT2D eigenvalue weighted by atomic mass is 16.5. The first-order valence-corrected chi connectivity index (χ1v) is 10.7. The summed E-state index contributed by atoms with van der Waals surface area (Å²) < 4.78 is 13.6. The first kappa shape index (κ1) is 20.8. The summed E-state index contributed by atoms with van der Waals surface area (Å²) in [5.74, 6) is 1.32. The highest BCUT2D eigenvalue weighted by Gasteiger charge is 2.31. The minimum atomic E-state index is -0.426. The van der Waals surface area contributed by atoms with E-state index in [1.807, 2.05) is 29.8 Å². The van der Waals surface area contributed by atoms with E-state index in [0.29, 0.717) is 54.1 Å². The lowest BCUT2D eigenvalue weighted by atomic mass is 10.0. The Kier molecular flexibility index (Phi) is 4.92. The maximum Gasteiger partial charge on any atom is 0.292 e. The van der Waals surface area contributed by atoms with Crippen molar-refractivity contribution in [2.45, 2.75) is 25.8 Å². The van der Waals surface area contributed by atoms with E-state index in [9.17, 15) is 9.59 Å². The number of nitrogen functional groups attached to an aromatic ring is 1. The van der Waals surface area contributed by atoms with Gasteiger partial charge in [-0.3, -0.25) is 14.3 Å². The number of methoxy groups -OCH3 is 1. The molecular formula is C23H24N6O4. The van der Waals surface area contributed by atoms with Crippen LogP contribution in [-0.4, -0.2) is 51.0 Å². The highest BCUT2D eigenvalue weighted by molar-refractivity contribution is 6.02. The van der Waals surface area contributed by atoms with Crippen LogP contribution in [0.1, 0.15) is 24.4 Å². The van der Waals surface area contributed by atoms with E-state index in [0.717, 1.165) is 10.9 Å². The molecule has 0 atom stereocenters. The summed E-state index contributed by atoms with van der Waals surface area (Å²) in [5, 5.41) is 12.3. The van der Waals surface area contributed by atoms with Crippen molar-refractivity contribution in [2.75, 3.05) is 25.9 Å². The van der Waals surface area contributed by atoms with Crippen molar-refractivity contribution in [2.24, 2.45) is 0 Å². The number of aryl methyl sites for hydroxylation is 1. The molecule has 3 N–H and O–H groups in total. The van der Waals surface area contributed by atoms with Crippen molar-refractivity contribution in [1.82, 2.24) is 24.9 Å². The van der Waals surface area contributed by atoms with Gasteiger partial charge in [0.2, 0.25) is 5.91 Å². The number of rotatable bonds is 4. The van der Waals surface area contributed by atoms with Crippen LogP contribution in [0.4, 0.5) is 5.82 Å². The van der Waals surface area contributed by atoms with Crippen LogP contribution in [0.25, 0.3) is 33.3 Å². The summed E-state index contributed by atoms with van der Waals surface area (Å²) in [4.78, 5) is 26.4. The standard InChI is InChI=1S/C23H24N6O4/c1-4-16(30)28-10-8-13(9-11-28)29-20(18-19(27-29)23(31)26-25-22(18)24)21-12(2)17-14(32-3)6-5-7-15(17)33-21/h4-7,13H,1,8-11H2,2-3H3,(H2,24,25)(H,26,31). The lowest BCUT2D eigenvalue weighted by molar-refractivity contribution is -0.127. The van der Waals surface area contributed by atoms with Crippen molar-refractivity contribution in [3.05, 3.63) is 46.8 Å². The quantitative estimate of drug-likeness (QED) is 0.459. The average molecular weight is 448 g/mol. The Labute approximate surface area is 188 Å². The van der Waals surface area contributed by atoms with Crippen molar-refractivity contribution in [3.8, 4) is 17.2 Å². The number of hydrogen-bond donors (Lipinski definition) is 2. The van der Waals surface area contributed by atoms with Crippen LogP contribution < -0.4 is 16.0 Å². The third-order valence-electron chi connectivity index (χ3n) is 6.31. The number of piperidine rings is 1. The number of fused-ring (bicyclic) bond motifs is 2. The van der Waals surface area contributed by atoms with Gasteiger partial charge in [0.15, 0.2) is 17.1 Å². The number of furan rings is 1. The Hall–Kier alpha value is -4.08. The predicted octanol–water partition coefficient (Wildman–Crippen LogP) is 2.78. The normalized spacial score (nSPS) is 14.8. The SMILES string of the molecule is C=CC(=O)N1CCC(n2nc3c(=O)[nH]nc(N)c3c2-c2oc3cccc(OC)c3c2C)CC1. The van der Waals surface area contributed by atoms with E-state index in [-0.39, 0.29) is 23.3 Å². The zero-order valence-electron chi connectivity index (χ0n) is 18.4. The van der Waals surface area contributed by atoms with Crippen LogP contribution >= 0.6 is 0 Å². The number of aromatic amines is 1. The number of nitrogens with one attached hydrogen (secondary N) is 1. The van der Waals surface area contributed by atoms with Crippen molar-refractivity contribution < 1.29 is 13.9 Å². The van der Waals surface area contributed by atoms with E-state index in [4.69, 9.17) is 14.9 Å². The number of benzene rings is 1. The molecule has 0 bridgehead atoms. The second kappa shape index (κ2) is 7.80. The number of carbonyl (C=O) groups is 1. The summed E-state index contributed by atoms with van der Waals surface area (Å²) in [6.45, 7) is 6.62. The molecule has 0 spiro atoms. The van der Waals surface area contributed by atoms with Gasteiger partial charge in [-0.2, -0.15) is 10.2 Å². The minimum Gasteiger partial charge on any atom is -0.496 e. The fraction of sp³-hybridized carbons (Fsp3) is 0.304. The third-order valence-corrected chi connectivity index (χ3v) is 6.31. The molecule has 1 aromatic carbocycles. The number of anilines is 1. The molecule has 5 rings (SSSR count). The second-order valence-corrected chi connectivity index (χ2v) is 8.10. The molecule has 1 amide bonds. The van der Waals surface area contributed by atoms with Crippen LogP contribution in [0, 0.1) is 6.92 Å². The van der Waals surface area contributed by atoms with Gasteiger partial charge in [0.1, 0.15) is 17.0 Å². The van der Waals surface area contributed by atoms with E-state index in [1.54, 1.807) is 12.0 Å².